The summed E-state index contributed by atoms with van der Waals surface area (Å²) in [4.78, 5) is 43.6. The Morgan fingerprint density at radius 3 is 2.71 bits per heavy atom. The lowest BCUT2D eigenvalue weighted by Gasteiger charge is -2.37. The van der Waals surface area contributed by atoms with Crippen LogP contribution in [0.5, 0.6) is 0 Å². The third-order valence-electron chi connectivity index (χ3n) is 7.41. The number of hydrogen-bond acceptors (Lipinski definition) is 6. The zero-order valence-corrected chi connectivity index (χ0v) is 20.3. The van der Waals surface area contributed by atoms with Crippen molar-refractivity contribution in [2.75, 3.05) is 51.7 Å². The molecule has 4 rings (SSSR count). The van der Waals surface area contributed by atoms with Crippen LogP contribution in [-0.4, -0.2) is 96.2 Å². The third kappa shape index (κ3) is 5.64. The van der Waals surface area contributed by atoms with Gasteiger partial charge in [-0.25, -0.2) is 9.59 Å². The largest absolute Gasteiger partial charge is 0.467 e. The van der Waals surface area contributed by atoms with Crippen molar-refractivity contribution in [1.82, 2.24) is 14.7 Å². The number of ether oxygens (including phenoxy) is 1. The van der Waals surface area contributed by atoms with E-state index in [9.17, 15) is 19.5 Å². The smallest absolute Gasteiger partial charge is 0.328 e. The van der Waals surface area contributed by atoms with Gasteiger partial charge in [0, 0.05) is 49.9 Å². The van der Waals surface area contributed by atoms with E-state index in [-0.39, 0.29) is 43.0 Å². The van der Waals surface area contributed by atoms with Gasteiger partial charge in [0.1, 0.15) is 6.04 Å². The summed E-state index contributed by atoms with van der Waals surface area (Å²) in [5.41, 5.74) is 0.697. The Kier molecular flexibility index (Phi) is 7.64. The fourth-order valence-electron chi connectivity index (χ4n) is 5.01. The maximum Gasteiger partial charge on any atom is 0.328 e. The third-order valence-corrected chi connectivity index (χ3v) is 7.65. The lowest BCUT2D eigenvalue weighted by Crippen LogP contribution is -2.50. The first-order chi connectivity index (χ1) is 16.3. The van der Waals surface area contributed by atoms with E-state index in [0.717, 1.165) is 25.8 Å². The second kappa shape index (κ2) is 10.5. The molecule has 186 valence electrons. The molecule has 1 saturated carbocycles. The van der Waals surface area contributed by atoms with Crippen LogP contribution >= 0.6 is 11.6 Å². The SMILES string of the molecule is COC(=O)[C@@H](CCN1CCC2(CC2)[C@H](O)C1)N1CCN(C(=O)Nc2cccc(Cl)c2)CCC1=O. The number of benzene rings is 1. The molecule has 2 aliphatic heterocycles. The first-order valence-corrected chi connectivity index (χ1v) is 12.3. The molecule has 3 fully saturated rings. The monoisotopic (exact) mass is 492 g/mol. The number of carbonyl (C=O) groups excluding carboxylic acids is 3. The summed E-state index contributed by atoms with van der Waals surface area (Å²) in [7, 11) is 1.32. The highest BCUT2D eigenvalue weighted by atomic mass is 35.5. The fraction of sp³-hybridized carbons (Fsp3) is 0.625. The number of carbonyl (C=O) groups is 3. The molecule has 0 unspecified atom stereocenters. The number of halogens is 1. The summed E-state index contributed by atoms with van der Waals surface area (Å²) in [6, 6.07) is 5.84. The molecule has 1 aromatic carbocycles. The van der Waals surface area contributed by atoms with E-state index in [4.69, 9.17) is 16.3 Å². The highest BCUT2D eigenvalue weighted by molar-refractivity contribution is 6.30. The zero-order valence-electron chi connectivity index (χ0n) is 19.5. The van der Waals surface area contributed by atoms with Gasteiger partial charge in [0.2, 0.25) is 5.91 Å². The van der Waals surface area contributed by atoms with Gasteiger partial charge in [-0.05, 0) is 55.8 Å². The number of anilines is 1. The summed E-state index contributed by atoms with van der Waals surface area (Å²) in [5.74, 6) is -0.634. The zero-order chi connectivity index (χ0) is 24.3. The number of esters is 1. The minimum absolute atomic E-state index is 0.119. The number of aliphatic hydroxyl groups is 1. The van der Waals surface area contributed by atoms with Gasteiger partial charge in [-0.2, -0.15) is 0 Å². The van der Waals surface area contributed by atoms with Crippen molar-refractivity contribution in [3.63, 3.8) is 0 Å². The van der Waals surface area contributed by atoms with Gasteiger partial charge in [0.05, 0.1) is 13.2 Å². The molecule has 0 radical (unpaired) electrons. The number of nitrogens with one attached hydrogen (secondary N) is 1. The summed E-state index contributed by atoms with van der Waals surface area (Å²) in [5, 5.41) is 13.8. The standard InChI is InChI=1S/C24H33ClN4O5/c1-34-22(32)19(5-10-27-12-9-24(7-8-24)20(30)16-27)29-14-13-28(11-6-21(29)31)23(33)26-18-4-2-3-17(25)15-18/h2-4,15,19-20,30H,5-14,16H2,1H3,(H,26,33)/t19-,20-/m1/s1. The second-order valence-electron chi connectivity index (χ2n) is 9.52. The minimum Gasteiger partial charge on any atom is -0.467 e. The number of urea groups is 1. The molecule has 1 aliphatic carbocycles. The van der Waals surface area contributed by atoms with Gasteiger partial charge in [0.25, 0.3) is 0 Å². The molecule has 0 bridgehead atoms. The normalized spacial score (nSPS) is 23.4. The molecule has 10 heteroatoms. The summed E-state index contributed by atoms with van der Waals surface area (Å²) >= 11 is 5.99. The van der Waals surface area contributed by atoms with Crippen LogP contribution in [-0.2, 0) is 14.3 Å². The molecule has 1 spiro atoms. The van der Waals surface area contributed by atoms with Crippen molar-refractivity contribution in [2.24, 2.45) is 5.41 Å². The minimum atomic E-state index is -0.720. The number of methoxy groups -OCH3 is 1. The van der Waals surface area contributed by atoms with Gasteiger partial charge in [-0.15, -0.1) is 0 Å². The molecule has 1 aromatic rings. The number of aliphatic hydroxyl groups excluding tert-OH is 1. The van der Waals surface area contributed by atoms with Gasteiger partial charge in [0.15, 0.2) is 0 Å². The average molecular weight is 493 g/mol. The van der Waals surface area contributed by atoms with Crippen LogP contribution < -0.4 is 5.32 Å². The van der Waals surface area contributed by atoms with Crippen molar-refractivity contribution in [3.8, 4) is 0 Å². The van der Waals surface area contributed by atoms with Crippen LogP contribution in [0.3, 0.4) is 0 Å². The van der Waals surface area contributed by atoms with Crippen molar-refractivity contribution in [2.45, 2.75) is 44.2 Å². The number of rotatable bonds is 6. The van der Waals surface area contributed by atoms with E-state index in [2.05, 4.69) is 10.2 Å². The van der Waals surface area contributed by atoms with Gasteiger partial charge < -0.3 is 29.9 Å². The van der Waals surface area contributed by atoms with Crippen LogP contribution in [0, 0.1) is 5.41 Å². The summed E-state index contributed by atoms with van der Waals surface area (Å²) in [6.07, 6.45) is 3.38. The molecule has 2 atom stereocenters. The molecule has 2 saturated heterocycles. The first kappa shape index (κ1) is 24.8. The number of hydrogen-bond donors (Lipinski definition) is 2. The fourth-order valence-corrected chi connectivity index (χ4v) is 5.20. The van der Waals surface area contributed by atoms with Gasteiger partial charge in [-0.3, -0.25) is 4.79 Å². The van der Waals surface area contributed by atoms with Crippen molar-refractivity contribution in [1.29, 1.82) is 0 Å². The van der Waals surface area contributed by atoms with Gasteiger partial charge in [-0.1, -0.05) is 17.7 Å². The molecule has 3 aliphatic rings. The predicted molar refractivity (Wildman–Crippen MR) is 128 cm³/mol. The highest BCUT2D eigenvalue weighted by Gasteiger charge is 2.51. The Labute approximate surface area is 205 Å². The Balaban J connectivity index is 1.35. The average Bonchev–Trinajstić information content (AvgIpc) is 3.62. The summed E-state index contributed by atoms with van der Waals surface area (Å²) in [6.45, 7) is 2.88. The molecular weight excluding hydrogens is 460 g/mol. The molecule has 0 aromatic heterocycles. The lowest BCUT2D eigenvalue weighted by molar-refractivity contribution is -0.153. The number of amides is 3. The second-order valence-corrected chi connectivity index (χ2v) is 9.96. The van der Waals surface area contributed by atoms with E-state index in [1.807, 2.05) is 0 Å². The van der Waals surface area contributed by atoms with Crippen LogP contribution in [0.25, 0.3) is 0 Å². The predicted octanol–water partition coefficient (Wildman–Crippen LogP) is 2.18. The van der Waals surface area contributed by atoms with E-state index >= 15 is 0 Å². The molecule has 3 amide bonds. The van der Waals surface area contributed by atoms with Crippen LogP contribution in [0.2, 0.25) is 5.02 Å². The molecule has 2 heterocycles. The Morgan fingerprint density at radius 2 is 2.03 bits per heavy atom. The van der Waals surface area contributed by atoms with E-state index < -0.39 is 12.0 Å². The quantitative estimate of drug-likeness (QED) is 0.590. The topological polar surface area (TPSA) is 102 Å². The maximum atomic E-state index is 12.9. The number of β-amino-alcohol motifs (C(OH)–C–C–N with tert-alkyl or cyclic N) is 1. The summed E-state index contributed by atoms with van der Waals surface area (Å²) < 4.78 is 5.02. The Bertz CT molecular complexity index is 924. The number of nitrogens with zero attached hydrogens (tertiary/aromatic N) is 3. The van der Waals surface area contributed by atoms with E-state index in [1.165, 1.54) is 7.11 Å². The van der Waals surface area contributed by atoms with Crippen LogP contribution in [0.1, 0.15) is 32.1 Å². The maximum absolute atomic E-state index is 12.9. The number of likely N-dealkylation sites (tertiary alicyclic amines) is 1. The molecule has 9 nitrogen and oxygen atoms in total. The lowest BCUT2D eigenvalue weighted by atomic mass is 9.90. The first-order valence-electron chi connectivity index (χ1n) is 11.9. The van der Waals surface area contributed by atoms with Gasteiger partial charge >= 0.3 is 12.0 Å². The molecule has 2 N–H and O–H groups in total. The Morgan fingerprint density at radius 1 is 1.24 bits per heavy atom. The number of piperidine rings is 1. The highest BCUT2D eigenvalue weighted by Crippen LogP contribution is 2.53. The van der Waals surface area contributed by atoms with Crippen LogP contribution in [0.4, 0.5) is 10.5 Å². The molecule has 34 heavy (non-hydrogen) atoms. The van der Waals surface area contributed by atoms with Crippen LogP contribution in [0.15, 0.2) is 24.3 Å². The molecular formula is C24H33ClN4O5. The van der Waals surface area contributed by atoms with Crippen molar-refractivity contribution < 1.29 is 24.2 Å². The van der Waals surface area contributed by atoms with Crippen molar-refractivity contribution in [3.05, 3.63) is 29.3 Å². The van der Waals surface area contributed by atoms with E-state index in [0.29, 0.717) is 36.8 Å². The van der Waals surface area contributed by atoms with E-state index in [1.54, 1.807) is 34.1 Å². The Hall–Kier alpha value is -2.36. The van der Waals surface area contributed by atoms with Crippen molar-refractivity contribution >= 4 is 35.2 Å².